The Morgan fingerprint density at radius 3 is 2.70 bits per heavy atom. The molecule has 0 bridgehead atoms. The summed E-state index contributed by atoms with van der Waals surface area (Å²) in [6.07, 6.45) is 9.76. The van der Waals surface area contributed by atoms with Gasteiger partial charge in [-0.1, -0.05) is 18.2 Å². The van der Waals surface area contributed by atoms with Gasteiger partial charge in [-0.3, -0.25) is 9.48 Å². The second-order valence-electron chi connectivity index (χ2n) is 9.62. The molecular weight excluding hydrogens is 374 g/mol. The fraction of sp³-hybridized carbons (Fsp3) is 0.440. The van der Waals surface area contributed by atoms with E-state index in [2.05, 4.69) is 54.2 Å². The van der Waals surface area contributed by atoms with E-state index in [1.165, 1.54) is 11.1 Å². The van der Waals surface area contributed by atoms with E-state index in [0.717, 1.165) is 54.1 Å². The topological polar surface area (TPSA) is 56.1 Å². The SMILES string of the molecule is CC(C)(C)O[C@H]1CC[C@@H](n2cc(Cc3ccc4c5c(cccc35)C(=O)N4)cn2)CC1. The Balaban J connectivity index is 1.31. The summed E-state index contributed by atoms with van der Waals surface area (Å²) in [6.45, 7) is 6.39. The minimum Gasteiger partial charge on any atom is -0.373 e. The van der Waals surface area contributed by atoms with Crippen molar-refractivity contribution in [2.45, 2.75) is 70.6 Å². The summed E-state index contributed by atoms with van der Waals surface area (Å²) in [5.74, 6) is -0.00777. The first-order valence-corrected chi connectivity index (χ1v) is 10.9. The Kier molecular flexibility index (Phi) is 4.66. The number of hydrogen-bond donors (Lipinski definition) is 1. The first-order valence-electron chi connectivity index (χ1n) is 10.9. The number of amides is 1. The van der Waals surface area contributed by atoms with Gasteiger partial charge in [0.2, 0.25) is 0 Å². The molecule has 156 valence electrons. The van der Waals surface area contributed by atoms with Crippen molar-refractivity contribution in [1.29, 1.82) is 0 Å². The lowest BCUT2D eigenvalue weighted by Crippen LogP contribution is -2.31. The number of ether oxygens (including phenoxy) is 1. The van der Waals surface area contributed by atoms with Crippen LogP contribution in [-0.4, -0.2) is 27.4 Å². The molecule has 1 fully saturated rings. The minimum absolute atomic E-state index is 0.00777. The minimum atomic E-state index is -0.0733. The molecule has 0 unspecified atom stereocenters. The average Bonchev–Trinajstić information content (AvgIpc) is 3.29. The van der Waals surface area contributed by atoms with Crippen molar-refractivity contribution in [3.05, 3.63) is 59.4 Å². The molecule has 0 atom stereocenters. The van der Waals surface area contributed by atoms with Crippen LogP contribution in [0.3, 0.4) is 0 Å². The quantitative estimate of drug-likeness (QED) is 0.626. The maximum atomic E-state index is 12.2. The van der Waals surface area contributed by atoms with E-state index >= 15 is 0 Å². The summed E-state index contributed by atoms with van der Waals surface area (Å²) < 4.78 is 8.31. The van der Waals surface area contributed by atoms with Gasteiger partial charge in [-0.25, -0.2) is 0 Å². The molecular formula is C25H29N3O2. The zero-order chi connectivity index (χ0) is 20.9. The van der Waals surface area contributed by atoms with Gasteiger partial charge in [0.15, 0.2) is 0 Å². The molecule has 1 saturated carbocycles. The van der Waals surface area contributed by atoms with Gasteiger partial charge in [0.1, 0.15) is 0 Å². The Morgan fingerprint density at radius 2 is 1.93 bits per heavy atom. The molecule has 1 aliphatic heterocycles. The Bertz CT molecular complexity index is 1100. The highest BCUT2D eigenvalue weighted by molar-refractivity contribution is 6.24. The molecule has 2 aliphatic rings. The average molecular weight is 404 g/mol. The Labute approximate surface area is 177 Å². The molecule has 0 saturated heterocycles. The highest BCUT2D eigenvalue weighted by Crippen LogP contribution is 2.36. The Hall–Kier alpha value is -2.66. The fourth-order valence-corrected chi connectivity index (χ4v) is 4.92. The molecule has 5 rings (SSSR count). The second-order valence-corrected chi connectivity index (χ2v) is 9.62. The third-order valence-electron chi connectivity index (χ3n) is 6.21. The first-order chi connectivity index (χ1) is 14.4. The summed E-state index contributed by atoms with van der Waals surface area (Å²) >= 11 is 0. The summed E-state index contributed by atoms with van der Waals surface area (Å²) in [6, 6.07) is 10.6. The third kappa shape index (κ3) is 3.63. The van der Waals surface area contributed by atoms with Crippen LogP contribution < -0.4 is 5.32 Å². The molecule has 1 amide bonds. The lowest BCUT2D eigenvalue weighted by Gasteiger charge is -2.33. The van der Waals surface area contributed by atoms with Gasteiger partial charge in [-0.2, -0.15) is 5.10 Å². The molecule has 1 aliphatic carbocycles. The van der Waals surface area contributed by atoms with E-state index in [1.54, 1.807) is 0 Å². The fourth-order valence-electron chi connectivity index (χ4n) is 4.92. The molecule has 30 heavy (non-hydrogen) atoms. The third-order valence-corrected chi connectivity index (χ3v) is 6.21. The lowest BCUT2D eigenvalue weighted by atomic mass is 9.92. The zero-order valence-electron chi connectivity index (χ0n) is 17.9. The van der Waals surface area contributed by atoms with Crippen molar-refractivity contribution >= 4 is 22.4 Å². The number of rotatable bonds is 4. The molecule has 5 nitrogen and oxygen atoms in total. The first kappa shape index (κ1) is 19.3. The van der Waals surface area contributed by atoms with Crippen molar-refractivity contribution in [3.63, 3.8) is 0 Å². The maximum Gasteiger partial charge on any atom is 0.256 e. The largest absolute Gasteiger partial charge is 0.373 e. The van der Waals surface area contributed by atoms with Gasteiger partial charge in [-0.05, 0) is 75.1 Å². The molecule has 5 heteroatoms. The smallest absolute Gasteiger partial charge is 0.256 e. The van der Waals surface area contributed by atoms with Crippen LogP contribution in [0.25, 0.3) is 10.8 Å². The van der Waals surface area contributed by atoms with Crippen molar-refractivity contribution < 1.29 is 9.53 Å². The number of aromatic nitrogens is 2. The number of hydrogen-bond acceptors (Lipinski definition) is 3. The van der Waals surface area contributed by atoms with Gasteiger partial charge < -0.3 is 10.1 Å². The van der Waals surface area contributed by atoms with Gasteiger partial charge in [0.25, 0.3) is 5.91 Å². The normalized spacial score (nSPS) is 21.2. The van der Waals surface area contributed by atoms with Crippen LogP contribution in [-0.2, 0) is 11.2 Å². The maximum absolute atomic E-state index is 12.2. The number of benzene rings is 2. The van der Waals surface area contributed by atoms with Crippen LogP contribution >= 0.6 is 0 Å². The van der Waals surface area contributed by atoms with Crippen molar-refractivity contribution in [2.24, 2.45) is 0 Å². The van der Waals surface area contributed by atoms with Crippen LogP contribution in [0.15, 0.2) is 42.7 Å². The summed E-state index contributed by atoms with van der Waals surface area (Å²) in [5, 5.41) is 9.84. The second kappa shape index (κ2) is 7.24. The predicted molar refractivity (Wildman–Crippen MR) is 119 cm³/mol. The van der Waals surface area contributed by atoms with Gasteiger partial charge in [0.05, 0.1) is 23.9 Å². The lowest BCUT2D eigenvalue weighted by molar-refractivity contribution is -0.0778. The van der Waals surface area contributed by atoms with E-state index in [9.17, 15) is 4.79 Å². The van der Waals surface area contributed by atoms with E-state index in [0.29, 0.717) is 12.1 Å². The van der Waals surface area contributed by atoms with Gasteiger partial charge in [-0.15, -0.1) is 0 Å². The molecule has 0 spiro atoms. The highest BCUT2D eigenvalue weighted by Gasteiger charge is 2.27. The number of carbonyl (C=O) groups excluding carboxylic acids is 1. The standard InChI is InChI=1S/C25H29N3O2/c1-25(2,3)30-19-10-8-18(9-11-19)28-15-16(14-26-28)13-17-7-12-22-23-20(17)5-4-6-21(23)24(29)27-22/h4-7,12,14-15,18-19H,8-11,13H2,1-3H3,(H,27,29)/t18-,19+. The van der Waals surface area contributed by atoms with E-state index in [4.69, 9.17) is 4.74 Å². The van der Waals surface area contributed by atoms with Gasteiger partial charge in [0, 0.05) is 29.3 Å². The number of nitrogens with one attached hydrogen (secondary N) is 1. The van der Waals surface area contributed by atoms with Gasteiger partial charge >= 0.3 is 0 Å². The number of carbonyl (C=O) groups is 1. The number of anilines is 1. The van der Waals surface area contributed by atoms with Crippen LogP contribution in [0.2, 0.25) is 0 Å². The van der Waals surface area contributed by atoms with E-state index in [1.807, 2.05) is 24.4 Å². The monoisotopic (exact) mass is 403 g/mol. The molecule has 2 heterocycles. The molecule has 1 N–H and O–H groups in total. The summed E-state index contributed by atoms with van der Waals surface area (Å²) in [7, 11) is 0. The van der Waals surface area contributed by atoms with E-state index < -0.39 is 0 Å². The van der Waals surface area contributed by atoms with Crippen molar-refractivity contribution in [1.82, 2.24) is 9.78 Å². The molecule has 3 aromatic rings. The van der Waals surface area contributed by atoms with Crippen molar-refractivity contribution in [3.8, 4) is 0 Å². The molecule has 0 radical (unpaired) electrons. The van der Waals surface area contributed by atoms with Crippen LogP contribution in [0.4, 0.5) is 5.69 Å². The molecule has 2 aromatic carbocycles. The highest BCUT2D eigenvalue weighted by atomic mass is 16.5. The molecule has 1 aromatic heterocycles. The number of nitrogens with zero attached hydrogens (tertiary/aromatic N) is 2. The van der Waals surface area contributed by atoms with Crippen LogP contribution in [0.1, 0.15) is 74.0 Å². The van der Waals surface area contributed by atoms with Crippen LogP contribution in [0, 0.1) is 0 Å². The predicted octanol–water partition coefficient (Wildman–Crippen LogP) is 5.49. The van der Waals surface area contributed by atoms with Crippen LogP contribution in [0.5, 0.6) is 0 Å². The Morgan fingerprint density at radius 1 is 1.13 bits per heavy atom. The van der Waals surface area contributed by atoms with Crippen molar-refractivity contribution in [2.75, 3.05) is 5.32 Å². The zero-order valence-corrected chi connectivity index (χ0v) is 17.9. The van der Waals surface area contributed by atoms with E-state index in [-0.39, 0.29) is 11.5 Å². The summed E-state index contributed by atoms with van der Waals surface area (Å²) in [4.78, 5) is 12.2. The summed E-state index contributed by atoms with van der Waals surface area (Å²) in [5.41, 5.74) is 4.06.